The molecule has 0 radical (unpaired) electrons. The number of amides is 1. The average molecular weight is 523 g/mol. The van der Waals surface area contributed by atoms with E-state index in [0.717, 1.165) is 26.7 Å². The Balaban J connectivity index is 1.38. The zero-order chi connectivity index (χ0) is 25.0. The van der Waals surface area contributed by atoms with E-state index in [1.165, 1.54) is 30.6 Å². The van der Waals surface area contributed by atoms with Crippen molar-refractivity contribution in [3.05, 3.63) is 68.1 Å². The van der Waals surface area contributed by atoms with Crippen molar-refractivity contribution in [3.8, 4) is 11.5 Å². The van der Waals surface area contributed by atoms with Crippen molar-refractivity contribution in [2.75, 3.05) is 19.5 Å². The molecule has 2 aliphatic carbocycles. The van der Waals surface area contributed by atoms with E-state index in [9.17, 15) is 9.59 Å². The Morgan fingerprint density at radius 3 is 2.67 bits per heavy atom. The van der Waals surface area contributed by atoms with Gasteiger partial charge in [0.2, 0.25) is 5.91 Å². The molecule has 2 bridgehead atoms. The second kappa shape index (κ2) is 9.30. The summed E-state index contributed by atoms with van der Waals surface area (Å²) < 4.78 is 12.8. The summed E-state index contributed by atoms with van der Waals surface area (Å²) in [7, 11) is 3.30. The van der Waals surface area contributed by atoms with Gasteiger partial charge in [-0.1, -0.05) is 29.5 Å². The minimum absolute atomic E-state index is 0.0236. The molecule has 6 nitrogen and oxygen atoms in total. The minimum Gasteiger partial charge on any atom is -0.493 e. The quantitative estimate of drug-likeness (QED) is 0.461. The second-order valence-corrected chi connectivity index (χ2v) is 12.3. The Labute approximate surface area is 219 Å². The Morgan fingerprint density at radius 2 is 1.89 bits per heavy atom. The number of fused-ring (bicyclic) bond motifs is 6. The lowest BCUT2D eigenvalue weighted by Gasteiger charge is -2.40. The third-order valence-corrected chi connectivity index (χ3v) is 10.9. The summed E-state index contributed by atoms with van der Waals surface area (Å²) in [5.41, 5.74) is 2.99. The van der Waals surface area contributed by atoms with E-state index in [2.05, 4.69) is 17.4 Å². The minimum atomic E-state index is -0.179. The molecule has 3 aliphatic rings. The smallest absolute Gasteiger partial charge is 0.308 e. The monoisotopic (exact) mass is 522 g/mol. The van der Waals surface area contributed by atoms with E-state index in [-0.39, 0.29) is 23.2 Å². The average Bonchev–Trinajstić information content (AvgIpc) is 3.56. The highest BCUT2D eigenvalue weighted by Crippen LogP contribution is 2.64. The molecule has 36 heavy (non-hydrogen) atoms. The maximum atomic E-state index is 13.3. The Morgan fingerprint density at radius 1 is 1.08 bits per heavy atom. The number of rotatable bonds is 6. The molecule has 1 aliphatic heterocycles. The summed E-state index contributed by atoms with van der Waals surface area (Å²) >= 11 is 3.15. The topological polar surface area (TPSA) is 69.6 Å². The number of benzene rings is 2. The highest BCUT2D eigenvalue weighted by molar-refractivity contribution is 8.00. The van der Waals surface area contributed by atoms with Crippen molar-refractivity contribution >= 4 is 34.7 Å². The molecule has 6 rings (SSSR count). The highest BCUT2D eigenvalue weighted by Gasteiger charge is 2.55. The largest absolute Gasteiger partial charge is 0.493 e. The van der Waals surface area contributed by atoms with Crippen molar-refractivity contribution < 1.29 is 14.3 Å². The molecule has 3 aromatic rings. The lowest BCUT2D eigenvalue weighted by Crippen LogP contribution is -2.34. The van der Waals surface area contributed by atoms with Crippen LogP contribution < -0.4 is 19.7 Å². The fraction of sp³-hybridized carbons (Fsp3) is 0.429. The third-order valence-electron chi connectivity index (χ3n) is 8.06. The van der Waals surface area contributed by atoms with Crippen LogP contribution in [0.4, 0.5) is 5.69 Å². The first kappa shape index (κ1) is 23.7. The molecular weight excluding hydrogens is 492 g/mol. The number of thiazole rings is 1. The van der Waals surface area contributed by atoms with Gasteiger partial charge in [-0.2, -0.15) is 0 Å². The maximum Gasteiger partial charge on any atom is 0.308 e. The van der Waals surface area contributed by atoms with E-state index >= 15 is 0 Å². The van der Waals surface area contributed by atoms with Gasteiger partial charge in [-0.05, 0) is 79.3 Å². The van der Waals surface area contributed by atoms with E-state index in [1.807, 2.05) is 49.0 Å². The van der Waals surface area contributed by atoms with Gasteiger partial charge in [0.05, 0.1) is 19.2 Å². The molecule has 2 saturated carbocycles. The molecule has 188 valence electrons. The number of thioether (sulfide) groups is 1. The second-order valence-electron chi connectivity index (χ2n) is 10.1. The van der Waals surface area contributed by atoms with Crippen LogP contribution >= 0.6 is 23.1 Å². The number of carbonyl (C=O) groups excluding carboxylic acids is 1. The molecule has 0 spiro atoms. The summed E-state index contributed by atoms with van der Waals surface area (Å²) in [6, 6.07) is 13.9. The number of nitrogens with zero attached hydrogens (tertiary/aromatic N) is 1. The Hall–Kier alpha value is -2.71. The maximum absolute atomic E-state index is 13.3. The molecule has 1 N–H and O–H groups in total. The predicted octanol–water partition coefficient (Wildman–Crippen LogP) is 5.53. The molecule has 5 atom stereocenters. The van der Waals surface area contributed by atoms with Crippen molar-refractivity contribution in [2.45, 2.75) is 48.9 Å². The molecule has 4 unspecified atom stereocenters. The molecule has 8 heteroatoms. The van der Waals surface area contributed by atoms with Crippen LogP contribution in [-0.2, 0) is 11.3 Å². The van der Waals surface area contributed by atoms with Gasteiger partial charge in [-0.3, -0.25) is 14.2 Å². The first-order valence-electron chi connectivity index (χ1n) is 12.5. The summed E-state index contributed by atoms with van der Waals surface area (Å²) in [5.74, 6) is 3.20. The number of hydrogen-bond donors (Lipinski definition) is 1. The van der Waals surface area contributed by atoms with Gasteiger partial charge >= 0.3 is 4.87 Å². The molecule has 2 heterocycles. The third kappa shape index (κ3) is 3.95. The molecule has 2 aromatic carbocycles. The molecule has 1 amide bonds. The normalized spacial score (nSPS) is 25.8. The standard InChI is InChI=1S/C28H30N2O4S2/c1-15-5-4-6-19(11-15)29-22(31)14-30-27-26(36-28(30)32)24(17-9-10-20(33-2)21(13-17)34-3)23-16-7-8-18(12-16)25(23)35-27/h4-6,9-11,13,16,18,23-25H,7-8,12,14H2,1-3H3,(H,29,31)/t16?,18?,23?,24-,25?/m0/s1. The number of carbonyl (C=O) groups is 1. The van der Waals surface area contributed by atoms with Gasteiger partial charge in [0, 0.05) is 21.7 Å². The van der Waals surface area contributed by atoms with E-state index in [4.69, 9.17) is 9.47 Å². The molecule has 2 fully saturated rings. The van der Waals surface area contributed by atoms with Gasteiger partial charge < -0.3 is 14.8 Å². The number of anilines is 1. The van der Waals surface area contributed by atoms with Gasteiger partial charge in [0.15, 0.2) is 11.5 Å². The fourth-order valence-corrected chi connectivity index (χ4v) is 9.72. The summed E-state index contributed by atoms with van der Waals surface area (Å²) in [6.07, 6.45) is 3.79. The van der Waals surface area contributed by atoms with Gasteiger partial charge in [-0.15, -0.1) is 11.8 Å². The van der Waals surface area contributed by atoms with E-state index in [1.54, 1.807) is 18.8 Å². The van der Waals surface area contributed by atoms with Crippen LogP contribution in [0.1, 0.15) is 41.2 Å². The predicted molar refractivity (Wildman–Crippen MR) is 144 cm³/mol. The van der Waals surface area contributed by atoms with E-state index in [0.29, 0.717) is 34.5 Å². The van der Waals surface area contributed by atoms with Crippen LogP contribution in [0.2, 0.25) is 0 Å². The zero-order valence-electron chi connectivity index (χ0n) is 20.7. The van der Waals surface area contributed by atoms with Crippen LogP contribution in [0.5, 0.6) is 11.5 Å². The fourth-order valence-electron chi connectivity index (χ4n) is 6.57. The Kier molecular flexibility index (Phi) is 6.12. The highest BCUT2D eigenvalue weighted by atomic mass is 32.2. The molecule has 0 saturated heterocycles. The van der Waals surface area contributed by atoms with Gasteiger partial charge in [-0.25, -0.2) is 0 Å². The van der Waals surface area contributed by atoms with E-state index < -0.39 is 0 Å². The Bertz CT molecular complexity index is 1380. The van der Waals surface area contributed by atoms with Crippen LogP contribution in [0, 0.1) is 24.7 Å². The first-order chi connectivity index (χ1) is 17.5. The summed E-state index contributed by atoms with van der Waals surface area (Å²) in [5, 5.41) is 4.40. The number of hydrogen-bond acceptors (Lipinski definition) is 6. The van der Waals surface area contributed by atoms with Gasteiger partial charge in [0.25, 0.3) is 0 Å². The van der Waals surface area contributed by atoms with Crippen LogP contribution in [0.15, 0.2) is 52.3 Å². The first-order valence-corrected chi connectivity index (χ1v) is 14.1. The lowest BCUT2D eigenvalue weighted by molar-refractivity contribution is -0.116. The molecule has 1 aromatic heterocycles. The van der Waals surface area contributed by atoms with Crippen molar-refractivity contribution in [1.82, 2.24) is 4.57 Å². The molecular formula is C28H30N2O4S2. The summed E-state index contributed by atoms with van der Waals surface area (Å²) in [6.45, 7) is 2.02. The lowest BCUT2D eigenvalue weighted by atomic mass is 9.75. The number of aromatic nitrogens is 1. The van der Waals surface area contributed by atoms with Crippen LogP contribution in [-0.4, -0.2) is 29.9 Å². The van der Waals surface area contributed by atoms with Gasteiger partial charge in [0.1, 0.15) is 6.54 Å². The van der Waals surface area contributed by atoms with Crippen LogP contribution in [0.25, 0.3) is 0 Å². The number of ether oxygens (including phenoxy) is 2. The van der Waals surface area contributed by atoms with Crippen molar-refractivity contribution in [1.29, 1.82) is 0 Å². The number of aryl methyl sites for hydroxylation is 1. The zero-order valence-corrected chi connectivity index (χ0v) is 22.3. The van der Waals surface area contributed by atoms with Crippen molar-refractivity contribution in [2.24, 2.45) is 17.8 Å². The summed E-state index contributed by atoms with van der Waals surface area (Å²) in [4.78, 5) is 27.3. The number of methoxy groups -OCH3 is 2. The SMILES string of the molecule is COc1ccc([C@@H]2c3sc(=O)n(CC(=O)Nc4cccc(C)c4)c3SC3C4CCC(C4)C32)cc1OC. The number of nitrogens with one attached hydrogen (secondary N) is 1. The van der Waals surface area contributed by atoms with Crippen LogP contribution in [0.3, 0.4) is 0 Å². The van der Waals surface area contributed by atoms with Crippen molar-refractivity contribution in [3.63, 3.8) is 0 Å².